The molecule has 2 N–H and O–H groups in total. The van der Waals surface area contributed by atoms with Crippen molar-refractivity contribution < 1.29 is 4.42 Å². The summed E-state index contributed by atoms with van der Waals surface area (Å²) in [5.74, 6) is 1.68. The lowest BCUT2D eigenvalue weighted by molar-refractivity contribution is 0.538. The molecule has 4 nitrogen and oxygen atoms in total. The Bertz CT molecular complexity index is 770. The van der Waals surface area contributed by atoms with Crippen molar-refractivity contribution in [1.82, 2.24) is 10.6 Å². The fourth-order valence-electron chi connectivity index (χ4n) is 2.39. The lowest BCUT2D eigenvalue weighted by Gasteiger charge is -2.09. The number of hydrogen-bond donors (Lipinski definition) is 2. The van der Waals surface area contributed by atoms with Gasteiger partial charge < -0.3 is 15.1 Å². The van der Waals surface area contributed by atoms with E-state index in [4.69, 9.17) is 4.42 Å². The van der Waals surface area contributed by atoms with Crippen LogP contribution in [0.1, 0.15) is 22.4 Å². The second-order valence-electron chi connectivity index (χ2n) is 5.25. The van der Waals surface area contributed by atoms with Gasteiger partial charge in [-0.15, -0.1) is 11.3 Å². The molecule has 0 spiro atoms. The van der Waals surface area contributed by atoms with Crippen molar-refractivity contribution in [2.45, 2.75) is 26.4 Å². The van der Waals surface area contributed by atoms with Crippen molar-refractivity contribution in [1.29, 1.82) is 0 Å². The smallest absolute Gasteiger partial charge is 0.191 e. The molecule has 0 aliphatic rings. The van der Waals surface area contributed by atoms with Crippen LogP contribution in [-0.4, -0.2) is 13.0 Å². The van der Waals surface area contributed by atoms with Crippen LogP contribution in [0.25, 0.3) is 11.0 Å². The third-order valence-electron chi connectivity index (χ3n) is 3.63. The van der Waals surface area contributed by atoms with Gasteiger partial charge in [-0.05, 0) is 30.7 Å². The van der Waals surface area contributed by atoms with E-state index in [0.717, 1.165) is 35.7 Å². The first-order valence-corrected chi connectivity index (χ1v) is 8.59. The highest BCUT2D eigenvalue weighted by molar-refractivity contribution is 7.11. The van der Waals surface area contributed by atoms with Crippen molar-refractivity contribution in [2.75, 3.05) is 7.05 Å². The zero-order chi connectivity index (χ0) is 16.1. The summed E-state index contributed by atoms with van der Waals surface area (Å²) in [6.07, 6.45) is 1.09. The molecule has 0 radical (unpaired) electrons. The third-order valence-corrected chi connectivity index (χ3v) is 4.86. The van der Waals surface area contributed by atoms with E-state index in [9.17, 15) is 0 Å². The van der Waals surface area contributed by atoms with Crippen molar-refractivity contribution in [2.24, 2.45) is 4.99 Å². The Morgan fingerprint density at radius 2 is 1.87 bits per heavy atom. The highest BCUT2D eigenvalue weighted by atomic mass is 32.1. The summed E-state index contributed by atoms with van der Waals surface area (Å²) in [5.41, 5.74) is 0.915. The number of fused-ring (bicyclic) bond motifs is 1. The SMILES string of the molecule is CCc1ccc(CNC(=NC)NCc2cc3ccccc3o2)s1. The zero-order valence-electron chi connectivity index (χ0n) is 13.4. The Morgan fingerprint density at radius 1 is 1.09 bits per heavy atom. The van der Waals surface area contributed by atoms with Gasteiger partial charge in [-0.3, -0.25) is 4.99 Å². The number of benzene rings is 1. The van der Waals surface area contributed by atoms with E-state index < -0.39 is 0 Å². The van der Waals surface area contributed by atoms with Crippen molar-refractivity contribution in [3.05, 3.63) is 58.0 Å². The normalized spacial score (nSPS) is 11.8. The molecule has 0 aliphatic heterocycles. The lowest BCUT2D eigenvalue weighted by atomic mass is 10.2. The zero-order valence-corrected chi connectivity index (χ0v) is 14.2. The molecule has 0 bridgehead atoms. The molecular weight excluding hydrogens is 306 g/mol. The molecule has 2 heterocycles. The minimum atomic E-state index is 0.610. The molecular formula is C18H21N3OS. The van der Waals surface area contributed by atoms with Gasteiger partial charge in [0.15, 0.2) is 5.96 Å². The highest BCUT2D eigenvalue weighted by Crippen LogP contribution is 2.18. The number of nitrogens with one attached hydrogen (secondary N) is 2. The number of guanidine groups is 1. The minimum Gasteiger partial charge on any atom is -0.459 e. The Kier molecular flexibility index (Phi) is 4.98. The predicted octanol–water partition coefficient (Wildman–Crippen LogP) is 3.92. The molecule has 1 aromatic carbocycles. The number of hydrogen-bond acceptors (Lipinski definition) is 3. The van der Waals surface area contributed by atoms with Crippen LogP contribution >= 0.6 is 11.3 Å². The fraction of sp³-hybridized carbons (Fsp3) is 0.278. The van der Waals surface area contributed by atoms with Gasteiger partial charge in [-0.25, -0.2) is 0 Å². The Hall–Kier alpha value is -2.27. The van der Waals surface area contributed by atoms with Gasteiger partial charge in [-0.2, -0.15) is 0 Å². The summed E-state index contributed by atoms with van der Waals surface area (Å²) in [5, 5.41) is 7.75. The molecule has 0 fully saturated rings. The van der Waals surface area contributed by atoms with Gasteiger partial charge in [0.2, 0.25) is 0 Å². The maximum absolute atomic E-state index is 5.80. The number of nitrogens with zero attached hydrogens (tertiary/aromatic N) is 1. The molecule has 2 aromatic heterocycles. The number of rotatable bonds is 5. The van der Waals surface area contributed by atoms with E-state index in [0.29, 0.717) is 6.54 Å². The van der Waals surface area contributed by atoms with Crippen molar-refractivity contribution in [3.63, 3.8) is 0 Å². The first-order chi connectivity index (χ1) is 11.3. The number of aliphatic imine (C=N–C) groups is 1. The van der Waals surface area contributed by atoms with E-state index in [-0.39, 0.29) is 0 Å². The van der Waals surface area contributed by atoms with E-state index in [2.05, 4.69) is 46.8 Å². The summed E-state index contributed by atoms with van der Waals surface area (Å²) in [4.78, 5) is 6.98. The van der Waals surface area contributed by atoms with Crippen LogP contribution in [0.4, 0.5) is 0 Å². The Labute approximate surface area is 140 Å². The molecule has 3 rings (SSSR count). The van der Waals surface area contributed by atoms with Gasteiger partial charge in [0.25, 0.3) is 0 Å². The maximum atomic E-state index is 5.80. The molecule has 5 heteroatoms. The van der Waals surface area contributed by atoms with Crippen LogP contribution in [0.5, 0.6) is 0 Å². The van der Waals surface area contributed by atoms with Gasteiger partial charge in [0.05, 0.1) is 13.1 Å². The largest absolute Gasteiger partial charge is 0.459 e. The molecule has 120 valence electrons. The maximum Gasteiger partial charge on any atom is 0.191 e. The van der Waals surface area contributed by atoms with Crippen LogP contribution in [0.15, 0.2) is 51.9 Å². The first kappa shape index (κ1) is 15.6. The van der Waals surface area contributed by atoms with E-state index in [1.807, 2.05) is 29.5 Å². The number of para-hydroxylation sites is 1. The average molecular weight is 327 g/mol. The lowest BCUT2D eigenvalue weighted by Crippen LogP contribution is -2.36. The number of furan rings is 1. The quantitative estimate of drug-likeness (QED) is 0.551. The van der Waals surface area contributed by atoms with Crippen LogP contribution < -0.4 is 10.6 Å². The number of thiophene rings is 1. The Balaban J connectivity index is 1.55. The van der Waals surface area contributed by atoms with Crippen molar-refractivity contribution >= 4 is 28.3 Å². The monoisotopic (exact) mass is 327 g/mol. The summed E-state index contributed by atoms with van der Waals surface area (Å²) < 4.78 is 5.80. The van der Waals surface area contributed by atoms with Crippen molar-refractivity contribution in [3.8, 4) is 0 Å². The molecule has 0 amide bonds. The van der Waals surface area contributed by atoms with Gasteiger partial charge in [-0.1, -0.05) is 25.1 Å². The fourth-order valence-corrected chi connectivity index (χ4v) is 3.29. The second kappa shape index (κ2) is 7.33. The molecule has 23 heavy (non-hydrogen) atoms. The summed E-state index contributed by atoms with van der Waals surface area (Å²) in [7, 11) is 1.78. The topological polar surface area (TPSA) is 49.6 Å². The average Bonchev–Trinajstić information content (AvgIpc) is 3.21. The predicted molar refractivity (Wildman–Crippen MR) is 96.9 cm³/mol. The third kappa shape index (κ3) is 3.93. The summed E-state index contributed by atoms with van der Waals surface area (Å²) >= 11 is 1.84. The number of aryl methyl sites for hydroxylation is 1. The molecule has 0 aliphatic carbocycles. The minimum absolute atomic E-state index is 0.610. The summed E-state index contributed by atoms with van der Waals surface area (Å²) in [6, 6.07) is 14.4. The van der Waals surface area contributed by atoms with Crippen LogP contribution in [0, 0.1) is 0 Å². The molecule has 3 aromatic rings. The van der Waals surface area contributed by atoms with Crippen LogP contribution in [-0.2, 0) is 19.5 Å². The second-order valence-corrected chi connectivity index (χ2v) is 6.50. The first-order valence-electron chi connectivity index (χ1n) is 7.78. The van der Waals surface area contributed by atoms with E-state index in [1.54, 1.807) is 7.05 Å². The highest BCUT2D eigenvalue weighted by Gasteiger charge is 2.05. The van der Waals surface area contributed by atoms with Gasteiger partial charge in [0.1, 0.15) is 11.3 Å². The van der Waals surface area contributed by atoms with Crippen LogP contribution in [0.2, 0.25) is 0 Å². The van der Waals surface area contributed by atoms with Gasteiger partial charge >= 0.3 is 0 Å². The molecule has 0 unspecified atom stereocenters. The molecule has 0 saturated carbocycles. The van der Waals surface area contributed by atoms with E-state index >= 15 is 0 Å². The van der Waals surface area contributed by atoms with Gasteiger partial charge in [0, 0.05) is 22.2 Å². The molecule has 0 saturated heterocycles. The Morgan fingerprint density at radius 3 is 2.61 bits per heavy atom. The van der Waals surface area contributed by atoms with E-state index in [1.165, 1.54) is 9.75 Å². The molecule has 0 atom stereocenters. The summed E-state index contributed by atoms with van der Waals surface area (Å²) in [6.45, 7) is 3.57. The standard InChI is InChI=1S/C18H21N3OS/c1-3-15-8-9-16(23-15)12-21-18(19-2)20-11-14-10-13-6-4-5-7-17(13)22-14/h4-10H,3,11-12H2,1-2H3,(H2,19,20,21). The van der Waals surface area contributed by atoms with Crippen LogP contribution in [0.3, 0.4) is 0 Å².